The van der Waals surface area contributed by atoms with E-state index in [0.29, 0.717) is 6.54 Å². The minimum atomic E-state index is -2.84. The van der Waals surface area contributed by atoms with E-state index in [1.807, 2.05) is 44.2 Å². The number of carbonyl (C=O) groups excluding carboxylic acids is 1. The molecule has 0 spiro atoms. The zero-order chi connectivity index (χ0) is 17.7. The lowest BCUT2D eigenvalue weighted by Crippen LogP contribution is -2.40. The molecule has 0 aliphatic carbocycles. The molecule has 0 fully saturated rings. The van der Waals surface area contributed by atoms with E-state index in [-0.39, 0.29) is 11.7 Å². The van der Waals surface area contributed by atoms with E-state index >= 15 is 0 Å². The first-order valence-electron chi connectivity index (χ1n) is 7.65. The number of hydrogen-bond acceptors (Lipinski definition) is 2. The highest BCUT2D eigenvalue weighted by atomic mass is 19.3. The maximum absolute atomic E-state index is 12.8. The summed E-state index contributed by atoms with van der Waals surface area (Å²) in [5.41, 5.74) is 1.15. The van der Waals surface area contributed by atoms with Crippen molar-refractivity contribution < 1.29 is 18.3 Å². The van der Waals surface area contributed by atoms with Gasteiger partial charge in [-0.05, 0) is 37.1 Å². The molecule has 0 aromatic heterocycles. The summed E-state index contributed by atoms with van der Waals surface area (Å²) in [6.07, 6.45) is 0. The number of likely N-dealkylation sites (N-methyl/N-ethyl adjacent to an activating group) is 1. The minimum absolute atomic E-state index is 0.0124. The van der Waals surface area contributed by atoms with Crippen LogP contribution in [-0.2, 0) is 16.8 Å². The van der Waals surface area contributed by atoms with Crippen molar-refractivity contribution in [3.63, 3.8) is 0 Å². The van der Waals surface area contributed by atoms with Gasteiger partial charge in [0.05, 0.1) is 5.41 Å². The van der Waals surface area contributed by atoms with Gasteiger partial charge in [-0.2, -0.15) is 8.78 Å². The Morgan fingerprint density at radius 2 is 1.67 bits per heavy atom. The van der Waals surface area contributed by atoms with Crippen LogP contribution in [0.1, 0.15) is 25.0 Å². The third-order valence-corrected chi connectivity index (χ3v) is 3.95. The molecule has 0 atom stereocenters. The van der Waals surface area contributed by atoms with Crippen LogP contribution in [0.4, 0.5) is 8.78 Å². The van der Waals surface area contributed by atoms with Crippen molar-refractivity contribution in [2.24, 2.45) is 0 Å². The van der Waals surface area contributed by atoms with Crippen molar-refractivity contribution in [3.05, 3.63) is 65.7 Å². The van der Waals surface area contributed by atoms with Crippen LogP contribution in [0.3, 0.4) is 0 Å². The highest BCUT2D eigenvalue weighted by Crippen LogP contribution is 2.26. The lowest BCUT2D eigenvalue weighted by molar-refractivity contribution is -0.135. The number of halogens is 2. The Kier molecular flexibility index (Phi) is 5.54. The molecule has 2 aromatic carbocycles. The van der Waals surface area contributed by atoms with Gasteiger partial charge in [0.1, 0.15) is 5.75 Å². The molecule has 2 aromatic rings. The van der Waals surface area contributed by atoms with E-state index in [1.54, 1.807) is 24.1 Å². The van der Waals surface area contributed by atoms with E-state index in [2.05, 4.69) is 4.74 Å². The normalized spacial score (nSPS) is 11.4. The zero-order valence-electron chi connectivity index (χ0n) is 14.0. The van der Waals surface area contributed by atoms with Crippen LogP contribution < -0.4 is 4.74 Å². The Bertz CT molecular complexity index is 670. The number of carbonyl (C=O) groups is 1. The molecule has 3 nitrogen and oxygen atoms in total. The molecule has 0 N–H and O–H groups in total. The molecule has 0 aliphatic heterocycles. The summed E-state index contributed by atoms with van der Waals surface area (Å²) < 4.78 is 28.6. The maximum Gasteiger partial charge on any atom is 0.387 e. The van der Waals surface area contributed by atoms with E-state index in [9.17, 15) is 13.6 Å². The highest BCUT2D eigenvalue weighted by Gasteiger charge is 2.32. The van der Waals surface area contributed by atoms with Crippen LogP contribution in [0.5, 0.6) is 5.75 Å². The average molecular weight is 333 g/mol. The summed E-state index contributed by atoms with van der Waals surface area (Å²) in [7, 11) is 1.73. The molecular formula is C19H21F2NO2. The third kappa shape index (κ3) is 4.31. The van der Waals surface area contributed by atoms with Crippen molar-refractivity contribution >= 4 is 5.91 Å². The molecule has 0 aliphatic rings. The molecule has 2 rings (SSSR count). The Hall–Kier alpha value is -2.43. The van der Waals surface area contributed by atoms with Crippen LogP contribution in [-0.4, -0.2) is 24.5 Å². The summed E-state index contributed by atoms with van der Waals surface area (Å²) in [6, 6.07) is 15.9. The fraction of sp³-hybridized carbons (Fsp3) is 0.316. The monoisotopic (exact) mass is 333 g/mol. The molecule has 0 unspecified atom stereocenters. The lowest BCUT2D eigenvalue weighted by atomic mass is 9.83. The number of hydrogen-bond donors (Lipinski definition) is 0. The van der Waals surface area contributed by atoms with Gasteiger partial charge in [0.15, 0.2) is 0 Å². The molecule has 0 heterocycles. The van der Waals surface area contributed by atoms with Crippen LogP contribution in [0.2, 0.25) is 0 Å². The van der Waals surface area contributed by atoms with Gasteiger partial charge in [-0.15, -0.1) is 0 Å². The summed E-state index contributed by atoms with van der Waals surface area (Å²) in [6.45, 7) is 1.33. The second kappa shape index (κ2) is 7.43. The average Bonchev–Trinajstić information content (AvgIpc) is 2.56. The molecule has 24 heavy (non-hydrogen) atoms. The van der Waals surface area contributed by atoms with Crippen LogP contribution >= 0.6 is 0 Å². The van der Waals surface area contributed by atoms with Gasteiger partial charge in [-0.1, -0.05) is 42.5 Å². The number of ether oxygens (including phenoxy) is 1. The predicted octanol–water partition coefficient (Wildman–Crippen LogP) is 4.22. The third-order valence-electron chi connectivity index (χ3n) is 3.95. The van der Waals surface area contributed by atoms with Crippen molar-refractivity contribution in [1.29, 1.82) is 0 Å². The molecular weight excluding hydrogens is 312 g/mol. The molecule has 128 valence electrons. The maximum atomic E-state index is 12.8. The summed E-state index contributed by atoms with van der Waals surface area (Å²) in [5.74, 6) is 0.0916. The molecule has 5 heteroatoms. The Balaban J connectivity index is 2.06. The van der Waals surface area contributed by atoms with Crippen molar-refractivity contribution in [2.75, 3.05) is 7.05 Å². The van der Waals surface area contributed by atoms with Gasteiger partial charge >= 0.3 is 6.61 Å². The van der Waals surface area contributed by atoms with Gasteiger partial charge < -0.3 is 9.64 Å². The van der Waals surface area contributed by atoms with Gasteiger partial charge in [0.2, 0.25) is 5.91 Å². The fourth-order valence-corrected chi connectivity index (χ4v) is 2.58. The first-order chi connectivity index (χ1) is 11.3. The second-order valence-electron chi connectivity index (χ2n) is 6.17. The highest BCUT2D eigenvalue weighted by molar-refractivity contribution is 5.87. The number of alkyl halides is 2. The quantitative estimate of drug-likeness (QED) is 0.792. The SMILES string of the molecule is CN(Cc1ccc(OC(F)F)cc1)C(=O)C(C)(C)c1ccccc1. The summed E-state index contributed by atoms with van der Waals surface area (Å²) in [5, 5.41) is 0. The van der Waals surface area contributed by atoms with Crippen molar-refractivity contribution in [3.8, 4) is 5.75 Å². The Morgan fingerprint density at radius 3 is 2.21 bits per heavy atom. The lowest BCUT2D eigenvalue weighted by Gasteiger charge is -2.30. The molecule has 0 saturated carbocycles. The molecule has 0 saturated heterocycles. The van der Waals surface area contributed by atoms with Crippen molar-refractivity contribution in [2.45, 2.75) is 32.4 Å². The number of rotatable bonds is 6. The Morgan fingerprint density at radius 1 is 1.08 bits per heavy atom. The number of nitrogens with zero attached hydrogens (tertiary/aromatic N) is 1. The van der Waals surface area contributed by atoms with Gasteiger partial charge in [-0.25, -0.2) is 0 Å². The molecule has 0 bridgehead atoms. The first kappa shape index (κ1) is 17.9. The molecule has 1 amide bonds. The largest absolute Gasteiger partial charge is 0.435 e. The van der Waals surface area contributed by atoms with E-state index in [1.165, 1.54) is 12.1 Å². The van der Waals surface area contributed by atoms with Crippen LogP contribution in [0.25, 0.3) is 0 Å². The fourth-order valence-electron chi connectivity index (χ4n) is 2.58. The van der Waals surface area contributed by atoms with Crippen LogP contribution in [0.15, 0.2) is 54.6 Å². The van der Waals surface area contributed by atoms with E-state index in [4.69, 9.17) is 0 Å². The summed E-state index contributed by atoms with van der Waals surface area (Å²) >= 11 is 0. The van der Waals surface area contributed by atoms with Gasteiger partial charge in [0.25, 0.3) is 0 Å². The Labute approximate surface area is 140 Å². The van der Waals surface area contributed by atoms with E-state index < -0.39 is 12.0 Å². The zero-order valence-corrected chi connectivity index (χ0v) is 14.0. The standard InChI is InChI=1S/C19H21F2NO2/c1-19(2,15-7-5-4-6-8-15)17(23)22(3)13-14-9-11-16(12-10-14)24-18(20)21/h4-12,18H,13H2,1-3H3. The smallest absolute Gasteiger partial charge is 0.387 e. The minimum Gasteiger partial charge on any atom is -0.435 e. The van der Waals surface area contributed by atoms with Gasteiger partial charge in [-0.3, -0.25) is 4.79 Å². The van der Waals surface area contributed by atoms with Gasteiger partial charge in [0, 0.05) is 13.6 Å². The number of benzene rings is 2. The van der Waals surface area contributed by atoms with Crippen LogP contribution in [0, 0.1) is 0 Å². The topological polar surface area (TPSA) is 29.5 Å². The summed E-state index contributed by atoms with van der Waals surface area (Å²) in [4.78, 5) is 14.4. The molecule has 0 radical (unpaired) electrons. The van der Waals surface area contributed by atoms with E-state index in [0.717, 1.165) is 11.1 Å². The number of amides is 1. The second-order valence-corrected chi connectivity index (χ2v) is 6.17. The first-order valence-corrected chi connectivity index (χ1v) is 7.65. The van der Waals surface area contributed by atoms with Crippen molar-refractivity contribution in [1.82, 2.24) is 4.90 Å². The predicted molar refractivity (Wildman–Crippen MR) is 89.0 cm³/mol.